The summed E-state index contributed by atoms with van der Waals surface area (Å²) in [6.07, 6.45) is 3.85. The molecule has 0 saturated carbocycles. The molecule has 0 spiro atoms. The number of nitrogens with one attached hydrogen (secondary N) is 1. The quantitative estimate of drug-likeness (QED) is 0.800. The number of anilines is 1. The molecule has 0 aliphatic carbocycles. The van der Waals surface area contributed by atoms with E-state index < -0.39 is 0 Å². The second-order valence-electron chi connectivity index (χ2n) is 5.29. The monoisotopic (exact) mass is 281 g/mol. The third kappa shape index (κ3) is 2.97. The fourth-order valence-electron chi connectivity index (χ4n) is 2.26. The molecule has 5 nitrogen and oxygen atoms in total. The van der Waals surface area contributed by atoms with Crippen LogP contribution in [-0.2, 0) is 13.6 Å². The van der Waals surface area contributed by atoms with Crippen molar-refractivity contribution in [1.82, 2.24) is 19.6 Å². The molecule has 3 rings (SSSR count). The second-order valence-corrected chi connectivity index (χ2v) is 5.29. The van der Waals surface area contributed by atoms with Gasteiger partial charge in [0.2, 0.25) is 0 Å². The van der Waals surface area contributed by atoms with E-state index in [1.165, 1.54) is 5.56 Å². The third-order valence-corrected chi connectivity index (χ3v) is 3.40. The molecule has 0 saturated heterocycles. The van der Waals surface area contributed by atoms with E-state index in [0.29, 0.717) is 0 Å². The lowest BCUT2D eigenvalue weighted by molar-refractivity contribution is 0.767. The fraction of sp³-hybridized carbons (Fsp3) is 0.250. The van der Waals surface area contributed by atoms with E-state index in [0.717, 1.165) is 29.3 Å². The van der Waals surface area contributed by atoms with Crippen LogP contribution >= 0.6 is 0 Å². The maximum absolute atomic E-state index is 4.61. The van der Waals surface area contributed by atoms with Gasteiger partial charge in [-0.1, -0.05) is 17.7 Å². The lowest BCUT2D eigenvalue weighted by Crippen LogP contribution is -2.02. The van der Waals surface area contributed by atoms with Crippen molar-refractivity contribution in [2.24, 2.45) is 7.05 Å². The molecule has 0 bridgehead atoms. The zero-order valence-corrected chi connectivity index (χ0v) is 12.5. The van der Waals surface area contributed by atoms with Crippen LogP contribution in [0.3, 0.4) is 0 Å². The summed E-state index contributed by atoms with van der Waals surface area (Å²) >= 11 is 0. The molecule has 2 aromatic heterocycles. The highest BCUT2D eigenvalue weighted by Crippen LogP contribution is 2.16. The molecule has 3 aromatic rings. The first kappa shape index (κ1) is 13.4. The Balaban J connectivity index is 1.76. The molecular formula is C16H19N5. The van der Waals surface area contributed by atoms with Gasteiger partial charge in [0.1, 0.15) is 5.82 Å². The summed E-state index contributed by atoms with van der Waals surface area (Å²) in [5.74, 6) is 0.872. The van der Waals surface area contributed by atoms with Crippen molar-refractivity contribution < 1.29 is 0 Å². The van der Waals surface area contributed by atoms with Gasteiger partial charge in [0.25, 0.3) is 0 Å². The molecule has 5 heteroatoms. The zero-order valence-electron chi connectivity index (χ0n) is 12.5. The van der Waals surface area contributed by atoms with Gasteiger partial charge in [-0.2, -0.15) is 10.2 Å². The minimum absolute atomic E-state index is 0.720. The SMILES string of the molecule is Cc1ccc(-n2nc(NCc3cnn(C)c3)cc2C)cc1. The van der Waals surface area contributed by atoms with Crippen LogP contribution in [0.4, 0.5) is 5.82 Å². The Hall–Kier alpha value is -2.56. The van der Waals surface area contributed by atoms with E-state index in [4.69, 9.17) is 0 Å². The lowest BCUT2D eigenvalue weighted by Gasteiger charge is -2.04. The second kappa shape index (κ2) is 5.44. The van der Waals surface area contributed by atoms with Crippen LogP contribution in [0.2, 0.25) is 0 Å². The van der Waals surface area contributed by atoms with Gasteiger partial charge in [0.05, 0.1) is 11.9 Å². The first-order valence-corrected chi connectivity index (χ1v) is 6.97. The van der Waals surface area contributed by atoms with E-state index in [2.05, 4.69) is 59.7 Å². The Morgan fingerprint density at radius 2 is 1.90 bits per heavy atom. The van der Waals surface area contributed by atoms with Crippen LogP contribution in [0.1, 0.15) is 16.8 Å². The van der Waals surface area contributed by atoms with Gasteiger partial charge in [-0.15, -0.1) is 0 Å². The summed E-state index contributed by atoms with van der Waals surface area (Å²) in [6.45, 7) is 4.86. The Morgan fingerprint density at radius 3 is 2.57 bits per heavy atom. The highest BCUT2D eigenvalue weighted by molar-refractivity contribution is 5.42. The summed E-state index contributed by atoms with van der Waals surface area (Å²) in [5, 5.41) is 12.1. The van der Waals surface area contributed by atoms with Gasteiger partial charge < -0.3 is 5.32 Å². The number of benzene rings is 1. The fourth-order valence-corrected chi connectivity index (χ4v) is 2.26. The molecule has 0 fully saturated rings. The predicted molar refractivity (Wildman–Crippen MR) is 83.6 cm³/mol. The van der Waals surface area contributed by atoms with E-state index in [-0.39, 0.29) is 0 Å². The Kier molecular flexibility index (Phi) is 3.48. The minimum atomic E-state index is 0.720. The summed E-state index contributed by atoms with van der Waals surface area (Å²) in [5.41, 5.74) is 4.57. The number of aryl methyl sites for hydroxylation is 3. The molecule has 108 valence electrons. The predicted octanol–water partition coefficient (Wildman–Crippen LogP) is 2.83. The smallest absolute Gasteiger partial charge is 0.148 e. The first-order valence-electron chi connectivity index (χ1n) is 6.97. The number of rotatable bonds is 4. The van der Waals surface area contributed by atoms with E-state index in [1.807, 2.05) is 24.1 Å². The Morgan fingerprint density at radius 1 is 1.14 bits per heavy atom. The Labute approximate surface area is 124 Å². The third-order valence-electron chi connectivity index (χ3n) is 3.40. The van der Waals surface area contributed by atoms with E-state index >= 15 is 0 Å². The van der Waals surface area contributed by atoms with Crippen LogP contribution in [-0.4, -0.2) is 19.6 Å². The summed E-state index contributed by atoms with van der Waals surface area (Å²) in [7, 11) is 1.92. The lowest BCUT2D eigenvalue weighted by atomic mass is 10.2. The largest absolute Gasteiger partial charge is 0.364 e. The van der Waals surface area contributed by atoms with Crippen molar-refractivity contribution in [2.75, 3.05) is 5.32 Å². The minimum Gasteiger partial charge on any atom is -0.364 e. The van der Waals surface area contributed by atoms with Crippen molar-refractivity contribution in [1.29, 1.82) is 0 Å². The number of hydrogen-bond donors (Lipinski definition) is 1. The Bertz CT molecular complexity index is 736. The maximum Gasteiger partial charge on any atom is 0.148 e. The van der Waals surface area contributed by atoms with Crippen LogP contribution in [0.5, 0.6) is 0 Å². The van der Waals surface area contributed by atoms with Gasteiger partial charge in [0, 0.05) is 37.1 Å². The molecule has 0 amide bonds. The van der Waals surface area contributed by atoms with Crippen molar-refractivity contribution in [3.05, 3.63) is 59.5 Å². The normalized spacial score (nSPS) is 10.8. The summed E-state index contributed by atoms with van der Waals surface area (Å²) in [4.78, 5) is 0. The zero-order chi connectivity index (χ0) is 14.8. The molecule has 0 atom stereocenters. The molecule has 1 aromatic carbocycles. The van der Waals surface area contributed by atoms with Gasteiger partial charge in [-0.25, -0.2) is 4.68 Å². The van der Waals surface area contributed by atoms with Gasteiger partial charge in [-0.3, -0.25) is 4.68 Å². The molecule has 0 aliphatic heterocycles. The molecule has 21 heavy (non-hydrogen) atoms. The van der Waals surface area contributed by atoms with Crippen molar-refractivity contribution in [2.45, 2.75) is 20.4 Å². The standard InChI is InChI=1S/C16H19N5/c1-12-4-6-15(7-5-12)21-13(2)8-16(19-21)17-9-14-10-18-20(3)11-14/h4-8,10-11H,9H2,1-3H3,(H,17,19). The van der Waals surface area contributed by atoms with Crippen molar-refractivity contribution >= 4 is 5.82 Å². The van der Waals surface area contributed by atoms with Crippen LogP contribution < -0.4 is 5.32 Å². The van der Waals surface area contributed by atoms with E-state index in [1.54, 1.807) is 4.68 Å². The molecular weight excluding hydrogens is 262 g/mol. The molecule has 0 unspecified atom stereocenters. The maximum atomic E-state index is 4.61. The van der Waals surface area contributed by atoms with Crippen LogP contribution in [0, 0.1) is 13.8 Å². The van der Waals surface area contributed by atoms with Gasteiger partial charge in [-0.05, 0) is 26.0 Å². The molecule has 0 aliphatic rings. The van der Waals surface area contributed by atoms with Crippen LogP contribution in [0.25, 0.3) is 5.69 Å². The van der Waals surface area contributed by atoms with Gasteiger partial charge in [0.15, 0.2) is 0 Å². The average Bonchev–Trinajstić information content (AvgIpc) is 3.04. The molecule has 0 radical (unpaired) electrons. The topological polar surface area (TPSA) is 47.7 Å². The summed E-state index contributed by atoms with van der Waals surface area (Å²) in [6, 6.07) is 10.4. The van der Waals surface area contributed by atoms with Gasteiger partial charge >= 0.3 is 0 Å². The highest BCUT2D eigenvalue weighted by Gasteiger charge is 2.06. The van der Waals surface area contributed by atoms with Crippen LogP contribution in [0.15, 0.2) is 42.7 Å². The first-order chi connectivity index (χ1) is 10.1. The molecule has 2 heterocycles. The summed E-state index contributed by atoms with van der Waals surface area (Å²) < 4.78 is 3.75. The van der Waals surface area contributed by atoms with E-state index in [9.17, 15) is 0 Å². The van der Waals surface area contributed by atoms with Crippen molar-refractivity contribution in [3.63, 3.8) is 0 Å². The van der Waals surface area contributed by atoms with Crippen molar-refractivity contribution in [3.8, 4) is 5.69 Å². The highest BCUT2D eigenvalue weighted by atomic mass is 15.3. The number of nitrogens with zero attached hydrogens (tertiary/aromatic N) is 4. The number of hydrogen-bond acceptors (Lipinski definition) is 3. The number of aromatic nitrogens is 4. The molecule has 1 N–H and O–H groups in total. The average molecular weight is 281 g/mol.